The number of hydrogen-bond acceptors (Lipinski definition) is 8. The first kappa shape index (κ1) is 20.6. The average Bonchev–Trinajstić information content (AvgIpc) is 2.39. The van der Waals surface area contributed by atoms with Gasteiger partial charge in [0.1, 0.15) is 0 Å². The molecule has 0 aromatic rings. The maximum atomic E-state index is 5.28. The van der Waals surface area contributed by atoms with E-state index in [1.54, 1.807) is 0 Å². The van der Waals surface area contributed by atoms with Crippen molar-refractivity contribution in [2.24, 2.45) is 0 Å². The summed E-state index contributed by atoms with van der Waals surface area (Å²) in [6, 6.07) is 0. The molecule has 0 aliphatic rings. The van der Waals surface area contributed by atoms with E-state index in [1.807, 2.05) is 13.1 Å². The molecule has 0 heterocycles. The van der Waals surface area contributed by atoms with Crippen molar-refractivity contribution in [1.29, 1.82) is 0 Å². The smallest absolute Gasteiger partial charge is 0.412 e. The van der Waals surface area contributed by atoms with Gasteiger partial charge in [-0.2, -0.15) is 0 Å². The van der Waals surface area contributed by atoms with Crippen LogP contribution >= 0.6 is 0 Å². The van der Waals surface area contributed by atoms with Gasteiger partial charge in [0.2, 0.25) is 10.5 Å². The van der Waals surface area contributed by atoms with Crippen molar-refractivity contribution in [3.8, 4) is 0 Å². The minimum absolute atomic E-state index is 0.0321. The lowest BCUT2D eigenvalue weighted by Gasteiger charge is -2.04. The fraction of sp³-hybridized carbons (Fsp3) is 1.00. The van der Waals surface area contributed by atoms with Crippen LogP contribution < -0.4 is 0 Å². The first-order valence-corrected chi connectivity index (χ1v) is 12.8. The maximum absolute atomic E-state index is 5.28. The highest BCUT2D eigenvalue weighted by atomic mass is 28.4. The van der Waals surface area contributed by atoms with Crippen LogP contribution in [0.3, 0.4) is 0 Å². The lowest BCUT2D eigenvalue weighted by molar-refractivity contribution is 0.367. The van der Waals surface area contributed by atoms with Gasteiger partial charge in [-0.3, -0.25) is 0 Å². The summed E-state index contributed by atoms with van der Waals surface area (Å²) in [5.41, 5.74) is 0. The Morgan fingerprint density at radius 3 is 1.37 bits per heavy atom. The van der Waals surface area contributed by atoms with E-state index in [1.165, 1.54) is 0 Å². The van der Waals surface area contributed by atoms with Crippen LogP contribution in [-0.4, -0.2) is 89.6 Å². The van der Waals surface area contributed by atoms with Crippen LogP contribution in [0.2, 0.25) is 13.1 Å². The zero-order chi connectivity index (χ0) is 14.2. The van der Waals surface area contributed by atoms with Gasteiger partial charge in [0.25, 0.3) is 0 Å². The third-order valence-electron chi connectivity index (χ3n) is 0.787. The van der Waals surface area contributed by atoms with Gasteiger partial charge in [-0.1, -0.05) is 0 Å². The van der Waals surface area contributed by atoms with Gasteiger partial charge < -0.3 is 32.9 Å². The predicted molar refractivity (Wildman–Crippen MR) is 72.2 cm³/mol. The van der Waals surface area contributed by atoms with Gasteiger partial charge in [0.15, 0.2) is 9.04 Å². The molecule has 98 valence electrons. The topological polar surface area (TPSA) is 73.8 Å². The molecular weight excluding hydrogens is 405 g/mol. The summed E-state index contributed by atoms with van der Waals surface area (Å²) in [6.45, 7) is 4.08. The molecule has 0 aliphatic carbocycles. The van der Waals surface area contributed by atoms with E-state index in [-0.39, 0.29) is 70.0 Å². The molecular formula is C2H6O8Si9. The second-order valence-corrected chi connectivity index (χ2v) is 11.8. The van der Waals surface area contributed by atoms with Crippen LogP contribution in [0.25, 0.3) is 0 Å². The highest BCUT2D eigenvalue weighted by molar-refractivity contribution is 6.56. The van der Waals surface area contributed by atoms with Crippen molar-refractivity contribution < 1.29 is 32.9 Å². The number of rotatable bonds is 15. The van der Waals surface area contributed by atoms with Crippen LogP contribution in [0.4, 0.5) is 0 Å². The molecule has 0 saturated heterocycles. The summed E-state index contributed by atoms with van der Waals surface area (Å²) in [4.78, 5) is 0. The molecule has 0 unspecified atom stereocenters. The van der Waals surface area contributed by atoms with Gasteiger partial charge in [-0.25, -0.2) is 0 Å². The molecule has 0 atom stereocenters. The molecule has 18 radical (unpaired) electrons. The fourth-order valence-corrected chi connectivity index (χ4v) is 5.61. The second kappa shape index (κ2) is 17.7. The largest absolute Gasteiger partial charge is 0.435 e. The van der Waals surface area contributed by atoms with Crippen molar-refractivity contribution in [1.82, 2.24) is 0 Å². The van der Waals surface area contributed by atoms with Crippen LogP contribution in [0, 0.1) is 0 Å². The van der Waals surface area contributed by atoms with E-state index in [0.29, 0.717) is 0 Å². The summed E-state index contributed by atoms with van der Waals surface area (Å²) in [5, 5.41) is 0. The maximum Gasteiger partial charge on any atom is 0.412 e. The van der Waals surface area contributed by atoms with E-state index in [0.717, 1.165) is 0 Å². The monoisotopic (exact) mass is 410 g/mol. The Balaban J connectivity index is 2.91. The van der Waals surface area contributed by atoms with Crippen molar-refractivity contribution in [3.05, 3.63) is 0 Å². The Hall–Kier alpha value is 1.63. The molecule has 0 saturated carbocycles. The van der Waals surface area contributed by atoms with Crippen LogP contribution in [0.15, 0.2) is 0 Å². The van der Waals surface area contributed by atoms with Crippen LogP contribution in [0.1, 0.15) is 0 Å². The normalized spacial score (nSPS) is 11.4. The van der Waals surface area contributed by atoms with Gasteiger partial charge in [-0.05, 0) is 13.1 Å². The third kappa shape index (κ3) is 19.6. The third-order valence-corrected chi connectivity index (χ3v) is 7.09. The molecule has 0 bridgehead atoms. The Kier molecular flexibility index (Phi) is 19.2. The first-order chi connectivity index (χ1) is 9.27. The van der Waals surface area contributed by atoms with Crippen molar-refractivity contribution in [2.75, 3.05) is 0 Å². The summed E-state index contributed by atoms with van der Waals surface area (Å²) in [5.74, 6) is 0. The number of hydrogen-bond donors (Lipinski definition) is 0. The molecule has 17 heteroatoms. The Bertz CT molecular complexity index is 174. The Morgan fingerprint density at radius 2 is 1.00 bits per heavy atom. The molecule has 0 aromatic carbocycles. The molecule has 8 nitrogen and oxygen atoms in total. The Morgan fingerprint density at radius 1 is 0.632 bits per heavy atom. The van der Waals surface area contributed by atoms with Crippen molar-refractivity contribution in [3.63, 3.8) is 0 Å². The quantitative estimate of drug-likeness (QED) is 0.212. The lowest BCUT2D eigenvalue weighted by atomic mass is 11.9. The van der Waals surface area contributed by atoms with E-state index < -0.39 is 9.04 Å². The molecule has 0 N–H and O–H groups in total. The molecule has 0 amide bonds. The molecule has 0 aromatic heterocycles. The average molecular weight is 411 g/mol. The summed E-state index contributed by atoms with van der Waals surface area (Å²) in [7, 11) is 1.44. The van der Waals surface area contributed by atoms with E-state index >= 15 is 0 Å². The SMILES string of the molecule is C[Si](C)O[Si]O[Si]O[Si]O[Si]O[Si]O[Si]O[Si]O[Si]. The van der Waals surface area contributed by atoms with Gasteiger partial charge >= 0.3 is 70.0 Å². The van der Waals surface area contributed by atoms with Crippen molar-refractivity contribution in [2.45, 2.75) is 13.1 Å². The first-order valence-electron chi connectivity index (χ1n) is 4.27. The predicted octanol–water partition coefficient (Wildman–Crippen LogP) is -2.81. The van der Waals surface area contributed by atoms with Gasteiger partial charge in [0, 0.05) is 0 Å². The summed E-state index contributed by atoms with van der Waals surface area (Å²) >= 11 is 0. The van der Waals surface area contributed by atoms with Crippen molar-refractivity contribution >= 4 is 89.6 Å². The van der Waals surface area contributed by atoms with Gasteiger partial charge in [-0.15, -0.1) is 0 Å². The molecule has 0 spiro atoms. The molecule has 0 aliphatic heterocycles. The molecule has 0 rings (SSSR count). The van der Waals surface area contributed by atoms with Gasteiger partial charge in [0.05, 0.1) is 0 Å². The van der Waals surface area contributed by atoms with Crippen LogP contribution in [0.5, 0.6) is 0 Å². The summed E-state index contributed by atoms with van der Waals surface area (Å²) in [6.07, 6.45) is 0. The highest BCUT2D eigenvalue weighted by Crippen LogP contribution is 1.81. The van der Waals surface area contributed by atoms with E-state index in [2.05, 4.69) is 14.6 Å². The standard InChI is InChI=1S/C2H6O8Si9/c1-19(2)10-18-9-17-8-16-7-15-6-14-5-13-4-12-3-11/h1-2H3. The zero-order valence-corrected chi connectivity index (χ0v) is 18.8. The minimum atomic E-state index is -0.694. The Labute approximate surface area is 135 Å². The molecule has 19 heavy (non-hydrogen) atoms. The minimum Gasteiger partial charge on any atom is -0.435 e. The van der Waals surface area contributed by atoms with E-state index in [9.17, 15) is 0 Å². The highest BCUT2D eigenvalue weighted by Gasteiger charge is 2.04. The lowest BCUT2D eigenvalue weighted by Crippen LogP contribution is -2.21. The zero-order valence-electron chi connectivity index (χ0n) is 9.77. The fourth-order valence-electron chi connectivity index (χ4n) is 0.331. The molecule has 0 fully saturated rings. The summed E-state index contributed by atoms with van der Waals surface area (Å²) < 4.78 is 39.9. The van der Waals surface area contributed by atoms with Crippen LogP contribution in [-0.2, 0) is 32.9 Å². The van der Waals surface area contributed by atoms with E-state index in [4.69, 9.17) is 28.8 Å². The second-order valence-electron chi connectivity index (χ2n) is 2.31.